The SMILES string of the molecule is CC(C)NC(=O)[C@@H]1CCC[C@H]1NC(C)C. The summed E-state index contributed by atoms with van der Waals surface area (Å²) < 4.78 is 0. The van der Waals surface area contributed by atoms with Crippen molar-refractivity contribution in [3.8, 4) is 0 Å². The zero-order valence-corrected chi connectivity index (χ0v) is 10.3. The van der Waals surface area contributed by atoms with Crippen LogP contribution < -0.4 is 10.6 Å². The van der Waals surface area contributed by atoms with Gasteiger partial charge in [-0.25, -0.2) is 0 Å². The number of carbonyl (C=O) groups excluding carboxylic acids is 1. The van der Waals surface area contributed by atoms with Crippen LogP contribution in [0, 0.1) is 5.92 Å². The summed E-state index contributed by atoms with van der Waals surface area (Å²) in [5.41, 5.74) is 0. The molecule has 0 saturated heterocycles. The molecular weight excluding hydrogens is 188 g/mol. The van der Waals surface area contributed by atoms with Crippen molar-refractivity contribution in [1.29, 1.82) is 0 Å². The summed E-state index contributed by atoms with van der Waals surface area (Å²) in [6.07, 6.45) is 3.33. The maximum Gasteiger partial charge on any atom is 0.224 e. The predicted molar refractivity (Wildman–Crippen MR) is 62.7 cm³/mol. The molecule has 1 fully saturated rings. The van der Waals surface area contributed by atoms with E-state index in [1.54, 1.807) is 0 Å². The van der Waals surface area contributed by atoms with Crippen molar-refractivity contribution in [2.45, 2.75) is 65.1 Å². The molecule has 0 heterocycles. The monoisotopic (exact) mass is 212 g/mol. The minimum Gasteiger partial charge on any atom is -0.354 e. The molecule has 1 amide bonds. The van der Waals surface area contributed by atoms with Gasteiger partial charge in [-0.3, -0.25) is 4.79 Å². The number of nitrogens with one attached hydrogen (secondary N) is 2. The van der Waals surface area contributed by atoms with Gasteiger partial charge in [0.2, 0.25) is 5.91 Å². The van der Waals surface area contributed by atoms with E-state index in [1.807, 2.05) is 13.8 Å². The average Bonchev–Trinajstić information content (AvgIpc) is 2.49. The van der Waals surface area contributed by atoms with Gasteiger partial charge in [0.05, 0.1) is 5.92 Å². The number of amides is 1. The van der Waals surface area contributed by atoms with Crippen molar-refractivity contribution >= 4 is 5.91 Å². The smallest absolute Gasteiger partial charge is 0.224 e. The molecule has 0 aromatic rings. The van der Waals surface area contributed by atoms with Gasteiger partial charge in [0.15, 0.2) is 0 Å². The van der Waals surface area contributed by atoms with Gasteiger partial charge in [-0.1, -0.05) is 20.3 Å². The average molecular weight is 212 g/mol. The first-order valence-corrected chi connectivity index (χ1v) is 6.07. The second kappa shape index (κ2) is 5.50. The summed E-state index contributed by atoms with van der Waals surface area (Å²) in [6.45, 7) is 8.29. The van der Waals surface area contributed by atoms with Crippen molar-refractivity contribution < 1.29 is 4.79 Å². The van der Waals surface area contributed by atoms with Crippen molar-refractivity contribution in [2.24, 2.45) is 5.92 Å². The molecule has 0 unspecified atom stereocenters. The summed E-state index contributed by atoms with van der Waals surface area (Å²) >= 11 is 0. The van der Waals surface area contributed by atoms with E-state index in [4.69, 9.17) is 0 Å². The number of rotatable bonds is 4. The van der Waals surface area contributed by atoms with Gasteiger partial charge in [-0.15, -0.1) is 0 Å². The highest BCUT2D eigenvalue weighted by Crippen LogP contribution is 2.26. The molecule has 15 heavy (non-hydrogen) atoms. The molecule has 0 aromatic carbocycles. The summed E-state index contributed by atoms with van der Waals surface area (Å²) in [4.78, 5) is 11.9. The summed E-state index contributed by atoms with van der Waals surface area (Å²) in [6, 6.07) is 1.09. The maximum atomic E-state index is 11.9. The van der Waals surface area contributed by atoms with Gasteiger partial charge >= 0.3 is 0 Å². The van der Waals surface area contributed by atoms with Crippen LogP contribution in [0.4, 0.5) is 0 Å². The Morgan fingerprint density at radius 3 is 2.33 bits per heavy atom. The quantitative estimate of drug-likeness (QED) is 0.744. The van der Waals surface area contributed by atoms with E-state index in [9.17, 15) is 4.79 Å². The van der Waals surface area contributed by atoms with Crippen LogP contribution in [0.3, 0.4) is 0 Å². The van der Waals surface area contributed by atoms with Crippen LogP contribution >= 0.6 is 0 Å². The Balaban J connectivity index is 2.48. The van der Waals surface area contributed by atoms with E-state index in [0.717, 1.165) is 12.8 Å². The van der Waals surface area contributed by atoms with E-state index in [1.165, 1.54) is 6.42 Å². The van der Waals surface area contributed by atoms with Crippen molar-refractivity contribution in [3.63, 3.8) is 0 Å². The number of carbonyl (C=O) groups is 1. The Hall–Kier alpha value is -0.570. The minimum absolute atomic E-state index is 0.176. The van der Waals surface area contributed by atoms with Crippen molar-refractivity contribution in [3.05, 3.63) is 0 Å². The van der Waals surface area contributed by atoms with Gasteiger partial charge in [-0.05, 0) is 26.7 Å². The zero-order valence-electron chi connectivity index (χ0n) is 10.3. The first-order chi connectivity index (χ1) is 7.00. The third kappa shape index (κ3) is 3.82. The molecule has 3 heteroatoms. The maximum absolute atomic E-state index is 11.9. The molecule has 3 nitrogen and oxygen atoms in total. The van der Waals surface area contributed by atoms with E-state index in [0.29, 0.717) is 12.1 Å². The third-order valence-corrected chi connectivity index (χ3v) is 2.83. The fourth-order valence-electron chi connectivity index (χ4n) is 2.29. The highest BCUT2D eigenvalue weighted by molar-refractivity contribution is 5.79. The molecule has 0 aliphatic heterocycles. The lowest BCUT2D eigenvalue weighted by atomic mass is 10.0. The lowest BCUT2D eigenvalue weighted by Gasteiger charge is -2.23. The summed E-state index contributed by atoms with van der Waals surface area (Å²) in [7, 11) is 0. The molecule has 88 valence electrons. The fraction of sp³-hybridized carbons (Fsp3) is 0.917. The van der Waals surface area contributed by atoms with E-state index < -0.39 is 0 Å². The highest BCUT2D eigenvalue weighted by Gasteiger charge is 2.33. The molecule has 1 aliphatic rings. The zero-order chi connectivity index (χ0) is 11.4. The van der Waals surface area contributed by atoms with Gasteiger partial charge in [-0.2, -0.15) is 0 Å². The minimum atomic E-state index is 0.176. The second-order valence-electron chi connectivity index (χ2n) is 5.13. The van der Waals surface area contributed by atoms with E-state index in [-0.39, 0.29) is 17.9 Å². The molecular formula is C12H24N2O. The Morgan fingerprint density at radius 2 is 1.80 bits per heavy atom. The molecule has 0 aromatic heterocycles. The predicted octanol–water partition coefficient (Wildman–Crippen LogP) is 1.68. The van der Waals surface area contributed by atoms with Crippen LogP contribution in [0.25, 0.3) is 0 Å². The molecule has 1 rings (SSSR count). The Labute approximate surface area is 93.0 Å². The second-order valence-corrected chi connectivity index (χ2v) is 5.13. The van der Waals surface area contributed by atoms with E-state index >= 15 is 0 Å². The van der Waals surface area contributed by atoms with Gasteiger partial charge in [0.1, 0.15) is 0 Å². The fourth-order valence-corrected chi connectivity index (χ4v) is 2.29. The lowest BCUT2D eigenvalue weighted by Crippen LogP contribution is -2.45. The van der Waals surface area contributed by atoms with Crippen molar-refractivity contribution in [1.82, 2.24) is 10.6 Å². The molecule has 2 atom stereocenters. The number of hydrogen-bond donors (Lipinski definition) is 2. The Morgan fingerprint density at radius 1 is 1.13 bits per heavy atom. The normalized spacial score (nSPS) is 26.3. The van der Waals surface area contributed by atoms with Crippen LogP contribution in [0.1, 0.15) is 47.0 Å². The Bertz CT molecular complexity index is 214. The molecule has 0 spiro atoms. The molecule has 0 radical (unpaired) electrons. The number of hydrogen-bond acceptors (Lipinski definition) is 2. The van der Waals surface area contributed by atoms with E-state index in [2.05, 4.69) is 24.5 Å². The third-order valence-electron chi connectivity index (χ3n) is 2.83. The Kier molecular flexibility index (Phi) is 4.58. The first-order valence-electron chi connectivity index (χ1n) is 6.07. The highest BCUT2D eigenvalue weighted by atomic mass is 16.2. The topological polar surface area (TPSA) is 41.1 Å². The summed E-state index contributed by atoms with van der Waals surface area (Å²) in [5, 5.41) is 6.49. The van der Waals surface area contributed by atoms with Gasteiger partial charge < -0.3 is 10.6 Å². The van der Waals surface area contributed by atoms with Gasteiger partial charge in [0, 0.05) is 18.1 Å². The molecule has 2 N–H and O–H groups in total. The molecule has 1 saturated carbocycles. The van der Waals surface area contributed by atoms with Crippen LogP contribution in [-0.4, -0.2) is 24.0 Å². The van der Waals surface area contributed by atoms with Crippen LogP contribution in [-0.2, 0) is 4.79 Å². The van der Waals surface area contributed by atoms with Crippen LogP contribution in [0.15, 0.2) is 0 Å². The van der Waals surface area contributed by atoms with Crippen molar-refractivity contribution in [2.75, 3.05) is 0 Å². The van der Waals surface area contributed by atoms with Crippen LogP contribution in [0.5, 0.6) is 0 Å². The standard InChI is InChI=1S/C12H24N2O/c1-8(2)13-11-7-5-6-10(11)12(15)14-9(3)4/h8-11,13H,5-7H2,1-4H3,(H,14,15)/t10-,11-/m1/s1. The molecule has 0 bridgehead atoms. The first kappa shape index (κ1) is 12.5. The summed E-state index contributed by atoms with van der Waals surface area (Å²) in [5.74, 6) is 0.399. The largest absolute Gasteiger partial charge is 0.354 e. The van der Waals surface area contributed by atoms with Gasteiger partial charge in [0.25, 0.3) is 0 Å². The lowest BCUT2D eigenvalue weighted by molar-refractivity contribution is -0.125. The van der Waals surface area contributed by atoms with Crippen LogP contribution in [0.2, 0.25) is 0 Å². The molecule has 1 aliphatic carbocycles.